The number of aliphatic carboxylic acids is 1. The number of carbonyl (C=O) groups excluding carboxylic acids is 1. The van der Waals surface area contributed by atoms with E-state index in [2.05, 4.69) is 10.6 Å². The lowest BCUT2D eigenvalue weighted by Crippen LogP contribution is -2.33. The second-order valence-electron chi connectivity index (χ2n) is 5.83. The van der Waals surface area contributed by atoms with Gasteiger partial charge in [-0.15, -0.1) is 0 Å². The van der Waals surface area contributed by atoms with Gasteiger partial charge in [-0.2, -0.15) is 0 Å². The van der Waals surface area contributed by atoms with Crippen LogP contribution < -0.4 is 16.4 Å². The molecule has 8 heteroatoms. The standard InChI is InChI=1S/C18H15Cl2N3O3/c19-10-7-13(20)17-9(5-15(18(25)26)23-14(17)8-10)6-16(24)22-12-3-1-11(21)2-4-12/h1-4,6-8,15,23H,5,21H2,(H,22,24)(H,25,26)/b9-6+. The third-order valence-corrected chi connectivity index (χ3v) is 4.43. The zero-order valence-electron chi connectivity index (χ0n) is 13.4. The topological polar surface area (TPSA) is 104 Å². The number of halogens is 2. The van der Waals surface area contributed by atoms with Crippen LogP contribution in [0, 0.1) is 0 Å². The maximum atomic E-state index is 12.4. The van der Waals surface area contributed by atoms with Crippen LogP contribution in [0.25, 0.3) is 5.57 Å². The van der Waals surface area contributed by atoms with Gasteiger partial charge in [0.05, 0.1) is 5.02 Å². The fourth-order valence-corrected chi connectivity index (χ4v) is 3.37. The average molecular weight is 392 g/mol. The van der Waals surface area contributed by atoms with Crippen LogP contribution in [0.3, 0.4) is 0 Å². The van der Waals surface area contributed by atoms with Crippen molar-refractivity contribution in [1.82, 2.24) is 0 Å². The Labute approximate surface area is 159 Å². The predicted octanol–water partition coefficient (Wildman–Crippen LogP) is 3.87. The molecule has 1 atom stereocenters. The zero-order valence-corrected chi connectivity index (χ0v) is 14.9. The van der Waals surface area contributed by atoms with Crippen LogP contribution in [-0.2, 0) is 9.59 Å². The third kappa shape index (κ3) is 3.92. The van der Waals surface area contributed by atoms with Gasteiger partial charge in [0.15, 0.2) is 0 Å². The molecule has 1 unspecified atom stereocenters. The van der Waals surface area contributed by atoms with E-state index in [9.17, 15) is 14.7 Å². The molecule has 0 spiro atoms. The third-order valence-electron chi connectivity index (χ3n) is 3.91. The van der Waals surface area contributed by atoms with Crippen molar-refractivity contribution in [3.63, 3.8) is 0 Å². The molecule has 0 saturated carbocycles. The van der Waals surface area contributed by atoms with Gasteiger partial charge in [-0.05, 0) is 42.0 Å². The van der Waals surface area contributed by atoms with Gasteiger partial charge >= 0.3 is 5.97 Å². The number of carbonyl (C=O) groups is 2. The quantitative estimate of drug-likeness (QED) is 0.469. The van der Waals surface area contributed by atoms with Gasteiger partial charge in [-0.1, -0.05) is 23.2 Å². The average Bonchev–Trinajstić information content (AvgIpc) is 2.55. The van der Waals surface area contributed by atoms with Gasteiger partial charge in [0.1, 0.15) is 6.04 Å². The Morgan fingerprint density at radius 2 is 1.92 bits per heavy atom. The van der Waals surface area contributed by atoms with Gasteiger partial charge in [0.25, 0.3) is 0 Å². The largest absolute Gasteiger partial charge is 0.480 e. The van der Waals surface area contributed by atoms with Gasteiger partial charge in [0.2, 0.25) is 5.91 Å². The van der Waals surface area contributed by atoms with Crippen molar-refractivity contribution in [2.45, 2.75) is 12.5 Å². The molecule has 0 radical (unpaired) electrons. The maximum Gasteiger partial charge on any atom is 0.326 e. The summed E-state index contributed by atoms with van der Waals surface area (Å²) in [5, 5.41) is 15.7. The molecule has 2 aromatic rings. The first-order valence-corrected chi connectivity index (χ1v) is 8.45. The molecule has 0 aliphatic carbocycles. The lowest BCUT2D eigenvalue weighted by atomic mass is 9.92. The zero-order chi connectivity index (χ0) is 18.8. The van der Waals surface area contributed by atoms with Crippen molar-refractivity contribution in [2.24, 2.45) is 0 Å². The van der Waals surface area contributed by atoms with E-state index in [0.717, 1.165) is 0 Å². The molecular weight excluding hydrogens is 377 g/mol. The number of nitrogens with two attached hydrogens (primary N) is 1. The summed E-state index contributed by atoms with van der Waals surface area (Å²) in [6, 6.07) is 8.95. The molecule has 5 N–H and O–H groups in total. The lowest BCUT2D eigenvalue weighted by molar-refractivity contribution is -0.137. The number of anilines is 3. The molecule has 2 aromatic carbocycles. The van der Waals surface area contributed by atoms with E-state index >= 15 is 0 Å². The molecule has 0 fully saturated rings. The Balaban J connectivity index is 1.94. The lowest BCUT2D eigenvalue weighted by Gasteiger charge is -2.27. The molecule has 3 rings (SSSR count). The van der Waals surface area contributed by atoms with Gasteiger partial charge in [-0.25, -0.2) is 4.79 Å². The molecule has 0 bridgehead atoms. The first-order chi connectivity index (χ1) is 12.3. The summed E-state index contributed by atoms with van der Waals surface area (Å²) in [6.07, 6.45) is 1.46. The van der Waals surface area contributed by atoms with E-state index in [1.165, 1.54) is 6.08 Å². The Hall–Kier alpha value is -2.70. The number of nitrogens with one attached hydrogen (secondary N) is 2. The summed E-state index contributed by atoms with van der Waals surface area (Å²) >= 11 is 12.3. The molecule has 6 nitrogen and oxygen atoms in total. The monoisotopic (exact) mass is 391 g/mol. The molecule has 0 aromatic heterocycles. The van der Waals surface area contributed by atoms with Gasteiger partial charge < -0.3 is 21.5 Å². The van der Waals surface area contributed by atoms with E-state index < -0.39 is 17.9 Å². The molecule has 1 aliphatic heterocycles. The van der Waals surface area contributed by atoms with Crippen LogP contribution in [0.2, 0.25) is 10.0 Å². The van der Waals surface area contributed by atoms with E-state index in [1.807, 2.05) is 0 Å². The number of hydrogen-bond donors (Lipinski definition) is 4. The second-order valence-corrected chi connectivity index (χ2v) is 6.67. The second kappa shape index (κ2) is 7.27. The van der Waals surface area contributed by atoms with Gasteiger partial charge in [-0.3, -0.25) is 4.79 Å². The number of hydrogen-bond acceptors (Lipinski definition) is 4. The minimum atomic E-state index is -1.03. The normalized spacial score (nSPS) is 17.3. The highest BCUT2D eigenvalue weighted by Gasteiger charge is 2.29. The van der Waals surface area contributed by atoms with Crippen LogP contribution in [0.5, 0.6) is 0 Å². The van der Waals surface area contributed by atoms with Crippen molar-refractivity contribution < 1.29 is 14.7 Å². The Morgan fingerprint density at radius 3 is 2.58 bits per heavy atom. The Bertz CT molecular complexity index is 911. The van der Waals surface area contributed by atoms with E-state index in [0.29, 0.717) is 38.2 Å². The van der Waals surface area contributed by atoms with Crippen molar-refractivity contribution in [2.75, 3.05) is 16.4 Å². The van der Waals surface area contributed by atoms with Crippen LogP contribution >= 0.6 is 23.2 Å². The van der Waals surface area contributed by atoms with Crippen LogP contribution in [0.4, 0.5) is 17.1 Å². The molecule has 1 amide bonds. The number of amides is 1. The van der Waals surface area contributed by atoms with E-state index in [4.69, 9.17) is 28.9 Å². The Morgan fingerprint density at radius 1 is 1.23 bits per heavy atom. The number of nitrogen functional groups attached to an aromatic ring is 1. The van der Waals surface area contributed by atoms with E-state index in [-0.39, 0.29) is 6.42 Å². The minimum absolute atomic E-state index is 0.110. The molecule has 134 valence electrons. The predicted molar refractivity (Wildman–Crippen MR) is 104 cm³/mol. The number of carboxylic acids is 1. The summed E-state index contributed by atoms with van der Waals surface area (Å²) in [5.74, 6) is -1.43. The van der Waals surface area contributed by atoms with E-state index in [1.54, 1.807) is 36.4 Å². The van der Waals surface area contributed by atoms with Crippen molar-refractivity contribution in [1.29, 1.82) is 0 Å². The minimum Gasteiger partial charge on any atom is -0.480 e. The highest BCUT2D eigenvalue weighted by molar-refractivity contribution is 6.36. The summed E-state index contributed by atoms with van der Waals surface area (Å²) in [5.41, 5.74) is 8.35. The molecular formula is C18H15Cl2N3O3. The summed E-state index contributed by atoms with van der Waals surface area (Å²) in [7, 11) is 0. The molecule has 1 aliphatic rings. The number of carboxylic acid groups (broad SMARTS) is 1. The van der Waals surface area contributed by atoms with Crippen LogP contribution in [-0.4, -0.2) is 23.0 Å². The smallest absolute Gasteiger partial charge is 0.326 e. The van der Waals surface area contributed by atoms with Crippen molar-refractivity contribution >= 4 is 57.7 Å². The van der Waals surface area contributed by atoms with Crippen molar-refractivity contribution in [3.8, 4) is 0 Å². The fourth-order valence-electron chi connectivity index (χ4n) is 2.76. The van der Waals surface area contributed by atoms with Crippen molar-refractivity contribution in [3.05, 3.63) is 58.1 Å². The van der Waals surface area contributed by atoms with Crippen LogP contribution in [0.1, 0.15) is 12.0 Å². The highest BCUT2D eigenvalue weighted by Crippen LogP contribution is 2.40. The first kappa shape index (κ1) is 18.1. The number of benzene rings is 2. The van der Waals surface area contributed by atoms with Gasteiger partial charge in [0, 0.05) is 40.1 Å². The number of fused-ring (bicyclic) bond motifs is 1. The fraction of sp³-hybridized carbons (Fsp3) is 0.111. The summed E-state index contributed by atoms with van der Waals surface area (Å²) in [6.45, 7) is 0. The molecule has 26 heavy (non-hydrogen) atoms. The SMILES string of the molecule is Nc1ccc(NC(=O)/C=C2\CC(C(=O)O)Nc3cc(Cl)cc(Cl)c32)cc1. The summed E-state index contributed by atoms with van der Waals surface area (Å²) in [4.78, 5) is 23.8. The number of rotatable bonds is 3. The maximum absolute atomic E-state index is 12.4. The Kier molecular flexibility index (Phi) is 5.06. The highest BCUT2D eigenvalue weighted by atomic mass is 35.5. The first-order valence-electron chi connectivity index (χ1n) is 7.69. The molecule has 0 saturated heterocycles. The summed E-state index contributed by atoms with van der Waals surface area (Å²) < 4.78 is 0. The molecule has 1 heterocycles. The van der Waals surface area contributed by atoms with Crippen LogP contribution in [0.15, 0.2) is 42.5 Å².